The van der Waals surface area contributed by atoms with Gasteiger partial charge in [-0.3, -0.25) is 0 Å². The second-order valence-electron chi connectivity index (χ2n) is 4.47. The molecule has 0 atom stereocenters. The van der Waals surface area contributed by atoms with E-state index < -0.39 is 10.0 Å². The number of thiazole rings is 1. The Bertz CT molecular complexity index is 699. The van der Waals surface area contributed by atoms with Gasteiger partial charge in [-0.05, 0) is 12.5 Å². The third-order valence-corrected chi connectivity index (χ3v) is 6.31. The van der Waals surface area contributed by atoms with E-state index in [1.165, 1.54) is 4.31 Å². The van der Waals surface area contributed by atoms with Gasteiger partial charge in [-0.25, -0.2) is 13.4 Å². The van der Waals surface area contributed by atoms with Gasteiger partial charge in [0.1, 0.15) is 0 Å². The fourth-order valence-electron chi connectivity index (χ4n) is 1.94. The molecule has 0 radical (unpaired) electrons. The first-order valence-corrected chi connectivity index (χ1v) is 8.58. The number of aromatic nitrogens is 1. The predicted molar refractivity (Wildman–Crippen MR) is 82.4 cm³/mol. The first-order valence-electron chi connectivity index (χ1n) is 6.33. The SMILES string of the molecule is Cc1nc(N)sc1S(=O)(=O)N(CCO)Cc1ccccc1. The second-order valence-corrected chi connectivity index (χ2v) is 7.64. The molecule has 0 saturated carbocycles. The average molecular weight is 327 g/mol. The van der Waals surface area contributed by atoms with E-state index in [0.717, 1.165) is 16.9 Å². The molecule has 1 aromatic carbocycles. The summed E-state index contributed by atoms with van der Waals surface area (Å²) in [5, 5.41) is 9.37. The van der Waals surface area contributed by atoms with Gasteiger partial charge < -0.3 is 10.8 Å². The Hall–Kier alpha value is -1.48. The van der Waals surface area contributed by atoms with Crippen LogP contribution >= 0.6 is 11.3 Å². The summed E-state index contributed by atoms with van der Waals surface area (Å²) in [5.74, 6) is 0. The fraction of sp³-hybridized carbons (Fsp3) is 0.308. The molecular weight excluding hydrogens is 310 g/mol. The molecule has 0 saturated heterocycles. The van der Waals surface area contributed by atoms with Crippen LogP contribution in [-0.4, -0.2) is 36.0 Å². The van der Waals surface area contributed by atoms with Gasteiger partial charge >= 0.3 is 0 Å². The van der Waals surface area contributed by atoms with Crippen molar-refractivity contribution in [2.75, 3.05) is 18.9 Å². The summed E-state index contributed by atoms with van der Waals surface area (Å²) in [6.45, 7) is 1.58. The monoisotopic (exact) mass is 327 g/mol. The van der Waals surface area contributed by atoms with Gasteiger partial charge in [-0.1, -0.05) is 41.7 Å². The van der Waals surface area contributed by atoms with Crippen molar-refractivity contribution in [1.82, 2.24) is 9.29 Å². The van der Waals surface area contributed by atoms with Crippen LogP contribution in [0.25, 0.3) is 0 Å². The molecule has 2 rings (SSSR count). The van der Waals surface area contributed by atoms with Gasteiger partial charge in [0, 0.05) is 13.1 Å². The maximum Gasteiger partial charge on any atom is 0.254 e. The minimum atomic E-state index is -3.72. The van der Waals surface area contributed by atoms with Crippen LogP contribution in [0.4, 0.5) is 5.13 Å². The molecule has 3 N–H and O–H groups in total. The number of nitrogens with two attached hydrogens (primary N) is 1. The van der Waals surface area contributed by atoms with Crippen molar-refractivity contribution in [3.05, 3.63) is 41.6 Å². The number of nitrogens with zero attached hydrogens (tertiary/aromatic N) is 2. The highest BCUT2D eigenvalue weighted by Gasteiger charge is 2.28. The van der Waals surface area contributed by atoms with E-state index in [0.29, 0.717) is 5.69 Å². The van der Waals surface area contributed by atoms with E-state index in [4.69, 9.17) is 10.8 Å². The molecule has 0 spiro atoms. The number of aliphatic hydroxyl groups is 1. The van der Waals surface area contributed by atoms with Crippen LogP contribution < -0.4 is 5.73 Å². The molecule has 2 aromatic rings. The highest BCUT2D eigenvalue weighted by atomic mass is 32.2. The largest absolute Gasteiger partial charge is 0.395 e. The van der Waals surface area contributed by atoms with Gasteiger partial charge in [0.05, 0.1) is 12.3 Å². The number of aryl methyl sites for hydroxylation is 1. The topological polar surface area (TPSA) is 96.5 Å². The lowest BCUT2D eigenvalue weighted by molar-refractivity contribution is 0.251. The quantitative estimate of drug-likeness (QED) is 0.831. The van der Waals surface area contributed by atoms with Crippen LogP contribution in [0, 0.1) is 6.92 Å². The summed E-state index contributed by atoms with van der Waals surface area (Å²) >= 11 is 0.941. The van der Waals surface area contributed by atoms with Crippen molar-refractivity contribution in [2.45, 2.75) is 17.7 Å². The zero-order valence-corrected chi connectivity index (χ0v) is 13.2. The summed E-state index contributed by atoms with van der Waals surface area (Å²) in [4.78, 5) is 3.95. The van der Waals surface area contributed by atoms with Gasteiger partial charge in [-0.2, -0.15) is 4.31 Å². The van der Waals surface area contributed by atoms with Crippen LogP contribution in [-0.2, 0) is 16.6 Å². The Kier molecular flexibility index (Phi) is 4.94. The molecule has 1 aromatic heterocycles. The normalized spacial score (nSPS) is 12.0. The van der Waals surface area contributed by atoms with Crippen LogP contribution in [0.1, 0.15) is 11.3 Å². The molecule has 8 heteroatoms. The Balaban J connectivity index is 2.35. The first kappa shape index (κ1) is 15.9. The van der Waals surface area contributed by atoms with Gasteiger partial charge in [0.2, 0.25) is 0 Å². The predicted octanol–water partition coefficient (Wildman–Crippen LogP) is 1.22. The molecule has 21 heavy (non-hydrogen) atoms. The minimum absolute atomic E-state index is 0.0223. The van der Waals surface area contributed by atoms with Crippen molar-refractivity contribution in [2.24, 2.45) is 0 Å². The number of aliphatic hydroxyl groups excluding tert-OH is 1. The number of hydrogen-bond acceptors (Lipinski definition) is 6. The number of nitrogen functional groups attached to an aromatic ring is 1. The smallest absolute Gasteiger partial charge is 0.254 e. The second kappa shape index (κ2) is 6.52. The van der Waals surface area contributed by atoms with Crippen molar-refractivity contribution >= 4 is 26.5 Å². The lowest BCUT2D eigenvalue weighted by Crippen LogP contribution is -2.33. The number of anilines is 1. The molecule has 0 bridgehead atoms. The lowest BCUT2D eigenvalue weighted by Gasteiger charge is -2.20. The molecular formula is C13H17N3O3S2. The van der Waals surface area contributed by atoms with E-state index >= 15 is 0 Å². The van der Waals surface area contributed by atoms with Gasteiger partial charge in [0.25, 0.3) is 10.0 Å². The molecule has 1 heterocycles. The third-order valence-electron chi connectivity index (χ3n) is 2.90. The summed E-state index contributed by atoms with van der Waals surface area (Å²) in [6, 6.07) is 9.23. The minimum Gasteiger partial charge on any atom is -0.395 e. The van der Waals surface area contributed by atoms with E-state index in [1.807, 2.05) is 30.3 Å². The van der Waals surface area contributed by atoms with Crippen LogP contribution in [0.2, 0.25) is 0 Å². The summed E-state index contributed by atoms with van der Waals surface area (Å²) in [6.07, 6.45) is 0. The Morgan fingerprint density at radius 1 is 1.33 bits per heavy atom. The third kappa shape index (κ3) is 3.59. The van der Waals surface area contributed by atoms with Gasteiger partial charge in [-0.15, -0.1) is 0 Å². The average Bonchev–Trinajstić information content (AvgIpc) is 2.79. The van der Waals surface area contributed by atoms with E-state index in [9.17, 15) is 8.42 Å². The first-order chi connectivity index (χ1) is 9.95. The number of rotatable bonds is 6. The van der Waals surface area contributed by atoms with Crippen LogP contribution in [0.5, 0.6) is 0 Å². The van der Waals surface area contributed by atoms with E-state index in [1.54, 1.807) is 6.92 Å². The zero-order valence-electron chi connectivity index (χ0n) is 11.6. The maximum atomic E-state index is 12.7. The van der Waals surface area contributed by atoms with Gasteiger partial charge in [0.15, 0.2) is 9.34 Å². The lowest BCUT2D eigenvalue weighted by atomic mass is 10.2. The van der Waals surface area contributed by atoms with Crippen molar-refractivity contribution in [3.63, 3.8) is 0 Å². The molecule has 0 aliphatic rings. The molecule has 0 amide bonds. The molecule has 114 valence electrons. The van der Waals surface area contributed by atoms with Crippen molar-refractivity contribution in [1.29, 1.82) is 0 Å². The molecule has 0 aliphatic heterocycles. The molecule has 0 unspecified atom stereocenters. The van der Waals surface area contributed by atoms with Crippen LogP contribution in [0.3, 0.4) is 0 Å². The number of hydrogen-bond donors (Lipinski definition) is 2. The summed E-state index contributed by atoms with van der Waals surface area (Å²) < 4.78 is 26.7. The standard InChI is InChI=1S/C13H17N3O3S2/c1-10-12(20-13(14)15-10)21(18,19)16(7-8-17)9-11-5-3-2-4-6-11/h2-6,17H,7-9H2,1H3,(H2,14,15). The highest BCUT2D eigenvalue weighted by molar-refractivity contribution is 7.91. The highest BCUT2D eigenvalue weighted by Crippen LogP contribution is 2.28. The summed E-state index contributed by atoms with van der Waals surface area (Å²) in [7, 11) is -3.72. The zero-order chi connectivity index (χ0) is 15.5. The van der Waals surface area contributed by atoms with E-state index in [-0.39, 0.29) is 29.0 Å². The molecule has 0 aliphatic carbocycles. The van der Waals surface area contributed by atoms with Crippen molar-refractivity contribution < 1.29 is 13.5 Å². The van der Waals surface area contributed by atoms with E-state index in [2.05, 4.69) is 4.98 Å². The van der Waals surface area contributed by atoms with Crippen molar-refractivity contribution in [3.8, 4) is 0 Å². The number of sulfonamides is 1. The number of benzene rings is 1. The Morgan fingerprint density at radius 2 is 2.00 bits per heavy atom. The maximum absolute atomic E-state index is 12.7. The molecule has 6 nitrogen and oxygen atoms in total. The fourth-order valence-corrected chi connectivity index (χ4v) is 4.80. The van der Waals surface area contributed by atoms with Crippen LogP contribution in [0.15, 0.2) is 34.5 Å². The molecule has 0 fully saturated rings. The summed E-state index contributed by atoms with van der Waals surface area (Å²) in [5.41, 5.74) is 6.81. The Labute approximate surface area is 127 Å². The Morgan fingerprint density at radius 3 is 2.52 bits per heavy atom.